The smallest absolute Gasteiger partial charge is 0.231 e. The lowest BCUT2D eigenvalue weighted by molar-refractivity contribution is -0.0298. The third kappa shape index (κ3) is 4.45. The molecule has 1 unspecified atom stereocenters. The Morgan fingerprint density at radius 2 is 1.74 bits per heavy atom. The van der Waals surface area contributed by atoms with E-state index in [0.717, 1.165) is 83.4 Å². The Morgan fingerprint density at radius 3 is 2.58 bits per heavy atom. The molecule has 8 heteroatoms. The van der Waals surface area contributed by atoms with E-state index in [9.17, 15) is 0 Å². The molecule has 1 saturated carbocycles. The van der Waals surface area contributed by atoms with Gasteiger partial charge in [0.15, 0.2) is 17.0 Å². The van der Waals surface area contributed by atoms with Crippen molar-refractivity contribution in [1.82, 2.24) is 24.5 Å². The van der Waals surface area contributed by atoms with Crippen LogP contribution in [-0.2, 0) is 4.74 Å². The van der Waals surface area contributed by atoms with Crippen LogP contribution in [0.3, 0.4) is 0 Å². The molecule has 0 amide bonds. The number of ether oxygens (including phenoxy) is 1. The second-order valence-corrected chi connectivity index (χ2v) is 10.2. The highest BCUT2D eigenvalue weighted by Crippen LogP contribution is 2.33. The molecule has 3 aromatic heterocycles. The number of hydrogen-bond acceptors (Lipinski definition) is 7. The summed E-state index contributed by atoms with van der Waals surface area (Å²) >= 11 is 0. The Morgan fingerprint density at radius 1 is 0.868 bits per heavy atom. The minimum atomic E-state index is -0.0454. The van der Waals surface area contributed by atoms with Gasteiger partial charge in [-0.15, -0.1) is 0 Å². The zero-order valence-corrected chi connectivity index (χ0v) is 21.3. The predicted octanol–water partition coefficient (Wildman–Crippen LogP) is 6.84. The summed E-state index contributed by atoms with van der Waals surface area (Å²) in [4.78, 5) is 19.2. The van der Waals surface area contributed by atoms with Crippen molar-refractivity contribution >= 4 is 39.5 Å². The first-order valence-corrected chi connectivity index (χ1v) is 13.7. The number of pyridine rings is 1. The first kappa shape index (κ1) is 23.1. The Kier molecular flexibility index (Phi) is 6.09. The molecule has 38 heavy (non-hydrogen) atoms. The van der Waals surface area contributed by atoms with Gasteiger partial charge in [-0.3, -0.25) is 9.55 Å². The van der Waals surface area contributed by atoms with Gasteiger partial charge in [-0.25, -0.2) is 4.98 Å². The molecule has 5 aromatic rings. The van der Waals surface area contributed by atoms with Gasteiger partial charge in [0.05, 0.1) is 11.8 Å². The van der Waals surface area contributed by atoms with Crippen molar-refractivity contribution in [2.24, 2.45) is 0 Å². The molecular formula is C30H31N7O. The predicted molar refractivity (Wildman–Crippen MR) is 151 cm³/mol. The number of aromatic nitrogens is 5. The van der Waals surface area contributed by atoms with E-state index in [-0.39, 0.29) is 6.23 Å². The normalized spacial score (nSPS) is 18.3. The lowest BCUT2D eigenvalue weighted by atomic mass is 10.0. The molecule has 1 aliphatic heterocycles. The maximum atomic E-state index is 6.08. The van der Waals surface area contributed by atoms with Gasteiger partial charge in [-0.05, 0) is 67.5 Å². The fourth-order valence-corrected chi connectivity index (χ4v) is 5.71. The Labute approximate surface area is 221 Å². The fraction of sp³-hybridized carbons (Fsp3) is 0.333. The summed E-state index contributed by atoms with van der Waals surface area (Å²) in [5.41, 5.74) is 5.76. The zero-order chi connectivity index (χ0) is 25.3. The van der Waals surface area contributed by atoms with Crippen LogP contribution in [0.15, 0.2) is 67.1 Å². The van der Waals surface area contributed by atoms with Crippen LogP contribution in [0.5, 0.6) is 0 Å². The SMILES string of the molecule is c1ccc(-c2ccnc3ccc(Nc4nc(NC5CCCC5)c5ncn(C6CCCCO6)c5n4)cc23)cc1. The minimum Gasteiger partial charge on any atom is -0.365 e. The molecule has 0 spiro atoms. The van der Waals surface area contributed by atoms with Crippen molar-refractivity contribution in [2.45, 2.75) is 57.2 Å². The number of anilines is 3. The Balaban J connectivity index is 1.29. The van der Waals surface area contributed by atoms with Crippen molar-refractivity contribution in [2.75, 3.05) is 17.2 Å². The number of hydrogen-bond donors (Lipinski definition) is 2. The molecule has 2 N–H and O–H groups in total. The van der Waals surface area contributed by atoms with Crippen molar-refractivity contribution in [3.8, 4) is 11.1 Å². The summed E-state index contributed by atoms with van der Waals surface area (Å²) in [6.07, 6.45) is 11.7. The van der Waals surface area contributed by atoms with Crippen molar-refractivity contribution < 1.29 is 4.74 Å². The highest BCUT2D eigenvalue weighted by molar-refractivity contribution is 5.96. The standard InChI is InChI=1S/C30H31N7O/c1-2-8-20(9-3-1)23-15-16-31-25-14-13-22(18-24(23)25)34-30-35-28(33-21-10-4-5-11-21)27-29(36-30)37(19-32-27)26-12-6-7-17-38-26/h1-3,8-9,13-16,18-19,21,26H,4-7,10-12,17H2,(H2,33,34,35,36). The molecule has 2 aliphatic rings. The summed E-state index contributed by atoms with van der Waals surface area (Å²) in [6, 6.07) is 19.1. The number of benzene rings is 2. The third-order valence-corrected chi connectivity index (χ3v) is 7.67. The number of nitrogens with one attached hydrogen (secondary N) is 2. The van der Waals surface area contributed by atoms with Crippen LogP contribution in [0.4, 0.5) is 17.5 Å². The molecule has 0 bridgehead atoms. The number of imidazole rings is 1. The van der Waals surface area contributed by atoms with Gasteiger partial charge in [0, 0.05) is 29.9 Å². The lowest BCUT2D eigenvalue weighted by Crippen LogP contribution is -2.19. The number of rotatable bonds is 6. The summed E-state index contributed by atoms with van der Waals surface area (Å²) in [7, 11) is 0. The fourth-order valence-electron chi connectivity index (χ4n) is 5.71. The van der Waals surface area contributed by atoms with Crippen molar-refractivity contribution in [3.05, 3.63) is 67.1 Å². The van der Waals surface area contributed by atoms with Gasteiger partial charge in [0.1, 0.15) is 6.23 Å². The maximum Gasteiger partial charge on any atom is 0.231 e. The summed E-state index contributed by atoms with van der Waals surface area (Å²) in [5, 5.41) is 8.23. The van der Waals surface area contributed by atoms with Gasteiger partial charge < -0.3 is 15.4 Å². The molecular weight excluding hydrogens is 474 g/mol. The average Bonchev–Trinajstić information content (AvgIpc) is 3.64. The summed E-state index contributed by atoms with van der Waals surface area (Å²) in [5.74, 6) is 1.33. The van der Waals surface area contributed by atoms with Gasteiger partial charge in [0.2, 0.25) is 5.95 Å². The van der Waals surface area contributed by atoms with Gasteiger partial charge in [-0.2, -0.15) is 9.97 Å². The van der Waals surface area contributed by atoms with E-state index >= 15 is 0 Å². The van der Waals surface area contributed by atoms with Gasteiger partial charge in [-0.1, -0.05) is 43.2 Å². The molecule has 0 radical (unpaired) electrons. The van der Waals surface area contributed by atoms with Crippen LogP contribution in [0.1, 0.15) is 51.2 Å². The van der Waals surface area contributed by atoms with Crippen LogP contribution < -0.4 is 10.6 Å². The highest BCUT2D eigenvalue weighted by atomic mass is 16.5. The third-order valence-electron chi connectivity index (χ3n) is 7.67. The average molecular weight is 506 g/mol. The molecule has 2 fully saturated rings. The van der Waals surface area contributed by atoms with Crippen LogP contribution in [-0.4, -0.2) is 37.2 Å². The molecule has 192 valence electrons. The topological polar surface area (TPSA) is 89.8 Å². The highest BCUT2D eigenvalue weighted by Gasteiger charge is 2.23. The second kappa shape index (κ2) is 10.0. The van der Waals surface area contributed by atoms with E-state index in [2.05, 4.69) is 56.6 Å². The van der Waals surface area contributed by atoms with Crippen LogP contribution >= 0.6 is 0 Å². The van der Waals surface area contributed by atoms with Gasteiger partial charge >= 0.3 is 0 Å². The molecule has 1 saturated heterocycles. The Hall–Kier alpha value is -4.04. The molecule has 8 nitrogen and oxygen atoms in total. The first-order valence-electron chi connectivity index (χ1n) is 13.7. The summed E-state index contributed by atoms with van der Waals surface area (Å²) in [6.45, 7) is 0.766. The largest absolute Gasteiger partial charge is 0.365 e. The molecule has 1 atom stereocenters. The van der Waals surface area contributed by atoms with Crippen LogP contribution in [0.25, 0.3) is 33.2 Å². The first-order chi connectivity index (χ1) is 18.8. The number of fused-ring (bicyclic) bond motifs is 2. The van der Waals surface area contributed by atoms with E-state index in [0.29, 0.717) is 12.0 Å². The zero-order valence-electron chi connectivity index (χ0n) is 21.3. The van der Waals surface area contributed by atoms with E-state index in [1.807, 2.05) is 30.7 Å². The van der Waals surface area contributed by atoms with E-state index < -0.39 is 0 Å². The minimum absolute atomic E-state index is 0.0454. The van der Waals surface area contributed by atoms with E-state index in [1.54, 1.807) is 0 Å². The molecule has 2 aromatic carbocycles. The second-order valence-electron chi connectivity index (χ2n) is 10.2. The summed E-state index contributed by atoms with van der Waals surface area (Å²) < 4.78 is 8.15. The number of nitrogens with zero attached hydrogens (tertiary/aromatic N) is 5. The lowest BCUT2D eigenvalue weighted by Gasteiger charge is -2.24. The van der Waals surface area contributed by atoms with Crippen molar-refractivity contribution in [1.29, 1.82) is 0 Å². The molecule has 4 heterocycles. The molecule has 1 aliphatic carbocycles. The van der Waals surface area contributed by atoms with E-state index in [1.165, 1.54) is 12.8 Å². The Bertz CT molecular complexity index is 1570. The maximum absolute atomic E-state index is 6.08. The van der Waals surface area contributed by atoms with Crippen LogP contribution in [0.2, 0.25) is 0 Å². The van der Waals surface area contributed by atoms with Gasteiger partial charge in [0.25, 0.3) is 0 Å². The quantitative estimate of drug-likeness (QED) is 0.261. The molecule has 7 rings (SSSR count). The monoisotopic (exact) mass is 505 g/mol. The van der Waals surface area contributed by atoms with Crippen LogP contribution in [0, 0.1) is 0 Å². The van der Waals surface area contributed by atoms with E-state index in [4.69, 9.17) is 19.7 Å². The van der Waals surface area contributed by atoms with Crippen molar-refractivity contribution in [3.63, 3.8) is 0 Å².